The van der Waals surface area contributed by atoms with E-state index in [-0.39, 0.29) is 28.7 Å². The Morgan fingerprint density at radius 2 is 2.07 bits per heavy atom. The SMILES string of the molecule is Nc1nc2c(nc(-c3ccco3)n2[C@@H]2O[C@H](COP(=O)(O)O)[C@@H](O)[C@H]2O)c(=O)[nH]1. The maximum Gasteiger partial charge on any atom is 0.469 e. The lowest BCUT2D eigenvalue weighted by Crippen LogP contribution is -2.33. The van der Waals surface area contributed by atoms with Gasteiger partial charge in [0.25, 0.3) is 5.56 Å². The van der Waals surface area contributed by atoms with Crippen LogP contribution >= 0.6 is 7.82 Å². The standard InChI is InChI=1S/C14H16N5O9P/c15-14-17-11-7(12(22)18-14)16-10(5-2-1-3-26-5)19(11)13-9(21)8(20)6(28-13)4-27-29(23,24)25/h1-3,6,8-9,13,20-21H,4H2,(H2,23,24,25)(H3,15,17,18,22)/t6-,8-,9-,13-/m1/s1. The van der Waals surface area contributed by atoms with E-state index in [1.165, 1.54) is 10.8 Å². The largest absolute Gasteiger partial charge is 0.469 e. The molecule has 1 saturated heterocycles. The quantitative estimate of drug-likeness (QED) is 0.260. The number of rotatable bonds is 5. The minimum atomic E-state index is -4.83. The summed E-state index contributed by atoms with van der Waals surface area (Å²) in [6.07, 6.45) is -4.40. The third kappa shape index (κ3) is 3.58. The molecular weight excluding hydrogens is 413 g/mol. The number of hydrogen-bond acceptors (Lipinski definition) is 10. The molecule has 4 rings (SSSR count). The normalized spacial score (nSPS) is 25.1. The molecule has 0 saturated carbocycles. The molecule has 0 amide bonds. The van der Waals surface area contributed by atoms with Crippen molar-refractivity contribution < 1.29 is 38.2 Å². The van der Waals surface area contributed by atoms with Gasteiger partial charge in [0.2, 0.25) is 5.95 Å². The number of hydrogen-bond donors (Lipinski definition) is 6. The van der Waals surface area contributed by atoms with E-state index in [0.29, 0.717) is 0 Å². The summed E-state index contributed by atoms with van der Waals surface area (Å²) in [6.45, 7) is -0.697. The van der Waals surface area contributed by atoms with Crippen molar-refractivity contribution in [3.63, 3.8) is 0 Å². The van der Waals surface area contributed by atoms with Crippen LogP contribution in [-0.2, 0) is 13.8 Å². The number of aromatic amines is 1. The zero-order valence-corrected chi connectivity index (χ0v) is 15.3. The van der Waals surface area contributed by atoms with Crippen LogP contribution in [0.15, 0.2) is 27.6 Å². The Labute approximate surface area is 160 Å². The molecule has 7 N–H and O–H groups in total. The van der Waals surface area contributed by atoms with Crippen molar-refractivity contribution in [2.24, 2.45) is 0 Å². The summed E-state index contributed by atoms with van der Waals surface area (Å²) in [6, 6.07) is 3.11. The monoisotopic (exact) mass is 429 g/mol. The topological polar surface area (TPSA) is 219 Å². The molecule has 0 aliphatic carbocycles. The number of aliphatic hydroxyl groups excluding tert-OH is 2. The molecule has 4 heterocycles. The van der Waals surface area contributed by atoms with Crippen molar-refractivity contribution in [2.45, 2.75) is 24.5 Å². The molecular formula is C14H16N5O9P. The fraction of sp³-hybridized carbons (Fsp3) is 0.357. The highest BCUT2D eigenvalue weighted by Gasteiger charge is 2.46. The maximum absolute atomic E-state index is 12.2. The number of nitrogens with one attached hydrogen (secondary N) is 1. The highest BCUT2D eigenvalue weighted by Crippen LogP contribution is 2.40. The number of H-pyrrole nitrogens is 1. The Balaban J connectivity index is 1.81. The van der Waals surface area contributed by atoms with Gasteiger partial charge in [-0.05, 0) is 12.1 Å². The Bertz CT molecular complexity index is 1140. The first-order valence-electron chi connectivity index (χ1n) is 8.19. The molecule has 14 nitrogen and oxygen atoms in total. The van der Waals surface area contributed by atoms with Gasteiger partial charge in [-0.15, -0.1) is 0 Å². The molecule has 0 aromatic carbocycles. The summed E-state index contributed by atoms with van der Waals surface area (Å²) < 4.78 is 27.4. The highest BCUT2D eigenvalue weighted by atomic mass is 31.2. The number of ether oxygens (including phenoxy) is 1. The molecule has 29 heavy (non-hydrogen) atoms. The predicted octanol–water partition coefficient (Wildman–Crippen LogP) is -1.31. The van der Waals surface area contributed by atoms with Gasteiger partial charge in [0.15, 0.2) is 29.0 Å². The van der Waals surface area contributed by atoms with Crippen molar-refractivity contribution in [3.05, 3.63) is 28.7 Å². The predicted molar refractivity (Wildman–Crippen MR) is 94.2 cm³/mol. The van der Waals surface area contributed by atoms with Crippen LogP contribution in [-0.4, -0.2) is 64.4 Å². The second kappa shape index (κ2) is 7.03. The van der Waals surface area contributed by atoms with Crippen LogP contribution < -0.4 is 11.3 Å². The van der Waals surface area contributed by atoms with Crippen LogP contribution in [0, 0.1) is 0 Å². The molecule has 0 spiro atoms. The van der Waals surface area contributed by atoms with E-state index in [2.05, 4.69) is 19.5 Å². The van der Waals surface area contributed by atoms with Gasteiger partial charge in [0.05, 0.1) is 12.9 Å². The van der Waals surface area contributed by atoms with Gasteiger partial charge in [-0.25, -0.2) is 9.55 Å². The Hall–Kier alpha value is -2.58. The van der Waals surface area contributed by atoms with Crippen molar-refractivity contribution in [3.8, 4) is 11.6 Å². The summed E-state index contributed by atoms with van der Waals surface area (Å²) in [5, 5.41) is 20.7. The number of furan rings is 1. The van der Waals surface area contributed by atoms with Crippen molar-refractivity contribution in [1.29, 1.82) is 0 Å². The molecule has 4 atom stereocenters. The first kappa shape index (κ1) is 19.7. The molecule has 1 aliphatic rings. The van der Waals surface area contributed by atoms with E-state index in [9.17, 15) is 19.6 Å². The van der Waals surface area contributed by atoms with Gasteiger partial charge in [0, 0.05) is 0 Å². The van der Waals surface area contributed by atoms with E-state index in [0.717, 1.165) is 0 Å². The lowest BCUT2D eigenvalue weighted by Gasteiger charge is -2.18. The Kier molecular flexibility index (Phi) is 4.78. The molecule has 0 bridgehead atoms. The average Bonchev–Trinajstić information content (AvgIpc) is 3.33. The summed E-state index contributed by atoms with van der Waals surface area (Å²) in [7, 11) is -4.83. The maximum atomic E-state index is 12.2. The second-order valence-electron chi connectivity index (χ2n) is 6.24. The van der Waals surface area contributed by atoms with Gasteiger partial charge in [-0.2, -0.15) is 4.98 Å². The lowest BCUT2D eigenvalue weighted by molar-refractivity contribution is -0.0497. The zero-order valence-electron chi connectivity index (χ0n) is 14.4. The highest BCUT2D eigenvalue weighted by molar-refractivity contribution is 7.46. The van der Waals surface area contributed by atoms with Gasteiger partial charge in [-0.1, -0.05) is 0 Å². The van der Waals surface area contributed by atoms with Crippen molar-refractivity contribution >= 4 is 24.9 Å². The molecule has 1 fully saturated rings. The lowest BCUT2D eigenvalue weighted by atomic mass is 10.1. The van der Waals surface area contributed by atoms with E-state index < -0.39 is 44.5 Å². The molecule has 0 radical (unpaired) electrons. The summed E-state index contributed by atoms with van der Waals surface area (Å²) in [5.74, 6) is 0.0478. The molecule has 15 heteroatoms. The van der Waals surface area contributed by atoms with Gasteiger partial charge in [0.1, 0.15) is 18.3 Å². The number of imidazole rings is 1. The fourth-order valence-corrected chi connectivity index (χ4v) is 3.41. The van der Waals surface area contributed by atoms with Gasteiger partial charge < -0.3 is 34.9 Å². The Morgan fingerprint density at radius 3 is 2.72 bits per heavy atom. The zero-order chi connectivity index (χ0) is 20.9. The van der Waals surface area contributed by atoms with Crippen LogP contribution in [0.4, 0.5) is 5.95 Å². The van der Waals surface area contributed by atoms with Gasteiger partial charge >= 0.3 is 7.82 Å². The molecule has 3 aromatic heterocycles. The number of fused-ring (bicyclic) bond motifs is 1. The second-order valence-corrected chi connectivity index (χ2v) is 7.48. The average molecular weight is 429 g/mol. The first-order valence-corrected chi connectivity index (χ1v) is 9.72. The van der Waals surface area contributed by atoms with Crippen LogP contribution in [0.2, 0.25) is 0 Å². The Morgan fingerprint density at radius 1 is 1.31 bits per heavy atom. The summed E-state index contributed by atoms with van der Waals surface area (Å²) in [4.78, 5) is 40.5. The minimum Gasteiger partial charge on any atom is -0.461 e. The molecule has 0 unspecified atom stereocenters. The number of nitrogens with two attached hydrogens (primary N) is 1. The fourth-order valence-electron chi connectivity index (χ4n) is 3.07. The third-order valence-corrected chi connectivity index (χ3v) is 4.79. The van der Waals surface area contributed by atoms with Crippen LogP contribution in [0.3, 0.4) is 0 Å². The number of aromatic nitrogens is 4. The van der Waals surface area contributed by atoms with Crippen LogP contribution in [0.25, 0.3) is 22.7 Å². The minimum absolute atomic E-state index is 0.0505. The van der Waals surface area contributed by atoms with E-state index in [1.54, 1.807) is 12.1 Å². The molecule has 156 valence electrons. The first-order chi connectivity index (χ1) is 13.7. The van der Waals surface area contributed by atoms with E-state index in [1.807, 2.05) is 0 Å². The number of phosphoric ester groups is 1. The molecule has 3 aromatic rings. The van der Waals surface area contributed by atoms with E-state index in [4.69, 9.17) is 24.7 Å². The van der Waals surface area contributed by atoms with Crippen molar-refractivity contribution in [2.75, 3.05) is 12.3 Å². The van der Waals surface area contributed by atoms with Crippen LogP contribution in [0.1, 0.15) is 6.23 Å². The number of phosphoric acid groups is 1. The van der Waals surface area contributed by atoms with Gasteiger partial charge in [-0.3, -0.25) is 18.9 Å². The third-order valence-electron chi connectivity index (χ3n) is 4.31. The number of aliphatic hydroxyl groups is 2. The van der Waals surface area contributed by atoms with Crippen LogP contribution in [0.5, 0.6) is 0 Å². The van der Waals surface area contributed by atoms with E-state index >= 15 is 0 Å². The summed E-state index contributed by atoms with van der Waals surface area (Å²) in [5.41, 5.74) is 4.80. The number of anilines is 1. The summed E-state index contributed by atoms with van der Waals surface area (Å²) >= 11 is 0. The molecule has 1 aliphatic heterocycles. The van der Waals surface area contributed by atoms with Crippen molar-refractivity contribution in [1.82, 2.24) is 19.5 Å². The number of nitrogen functional groups attached to an aromatic ring is 1. The number of nitrogens with zero attached hydrogens (tertiary/aromatic N) is 3. The smallest absolute Gasteiger partial charge is 0.461 e.